The zero-order valence-corrected chi connectivity index (χ0v) is 8.69. The highest BCUT2D eigenvalue weighted by Gasteiger charge is 2.14. The van der Waals surface area contributed by atoms with Crippen molar-refractivity contribution in [1.82, 2.24) is 0 Å². The molecular weight excluding hydrogens is 192 g/mol. The highest BCUT2D eigenvalue weighted by Crippen LogP contribution is 2.27. The molecular formula is C12H12O3. The van der Waals surface area contributed by atoms with E-state index in [1.165, 1.54) is 6.92 Å². The van der Waals surface area contributed by atoms with E-state index in [1.54, 1.807) is 6.26 Å². The lowest BCUT2D eigenvalue weighted by atomic mass is 10.1. The molecule has 0 aliphatic rings. The summed E-state index contributed by atoms with van der Waals surface area (Å²) < 4.78 is 10.5. The van der Waals surface area contributed by atoms with Crippen molar-refractivity contribution in [3.63, 3.8) is 0 Å². The van der Waals surface area contributed by atoms with Gasteiger partial charge in [0.1, 0.15) is 11.7 Å². The Kier molecular flexibility index (Phi) is 2.46. The van der Waals surface area contributed by atoms with E-state index in [0.717, 1.165) is 16.5 Å². The molecule has 0 saturated heterocycles. The number of benzene rings is 1. The molecule has 0 N–H and O–H groups in total. The molecule has 0 bridgehead atoms. The number of hydrogen-bond donors (Lipinski definition) is 0. The van der Waals surface area contributed by atoms with Crippen LogP contribution in [0.1, 0.15) is 25.5 Å². The summed E-state index contributed by atoms with van der Waals surface area (Å²) >= 11 is 0. The van der Waals surface area contributed by atoms with Gasteiger partial charge in [0, 0.05) is 17.9 Å². The lowest BCUT2D eigenvalue weighted by Gasteiger charge is -2.09. The number of esters is 1. The number of rotatable bonds is 2. The topological polar surface area (TPSA) is 39.4 Å². The van der Waals surface area contributed by atoms with E-state index in [0.29, 0.717) is 0 Å². The molecule has 0 fully saturated rings. The van der Waals surface area contributed by atoms with Crippen LogP contribution in [0.3, 0.4) is 0 Å². The highest BCUT2D eigenvalue weighted by atomic mass is 16.5. The second-order valence-corrected chi connectivity index (χ2v) is 3.44. The number of hydrogen-bond acceptors (Lipinski definition) is 3. The molecule has 0 aliphatic heterocycles. The van der Waals surface area contributed by atoms with Crippen LogP contribution >= 0.6 is 0 Å². The SMILES string of the molecule is CC(=O)O[C@H](C)c1coc2ccccc12. The molecule has 1 heterocycles. The third kappa shape index (κ3) is 1.86. The maximum Gasteiger partial charge on any atom is 0.303 e. The third-order valence-electron chi connectivity index (χ3n) is 2.29. The third-order valence-corrected chi connectivity index (χ3v) is 2.29. The molecule has 3 heteroatoms. The summed E-state index contributed by atoms with van der Waals surface area (Å²) in [6.07, 6.45) is 1.37. The van der Waals surface area contributed by atoms with Crippen LogP contribution in [-0.2, 0) is 9.53 Å². The molecule has 0 unspecified atom stereocenters. The van der Waals surface area contributed by atoms with Crippen molar-refractivity contribution in [2.24, 2.45) is 0 Å². The van der Waals surface area contributed by atoms with Gasteiger partial charge in [-0.1, -0.05) is 18.2 Å². The van der Waals surface area contributed by atoms with E-state index in [9.17, 15) is 4.79 Å². The molecule has 2 rings (SSSR count). The number of ether oxygens (including phenoxy) is 1. The molecule has 0 aliphatic carbocycles. The Balaban J connectivity index is 2.39. The lowest BCUT2D eigenvalue weighted by molar-refractivity contribution is -0.145. The Morgan fingerprint density at radius 1 is 1.40 bits per heavy atom. The Hall–Kier alpha value is -1.77. The number of furan rings is 1. The predicted molar refractivity (Wildman–Crippen MR) is 56.4 cm³/mol. The van der Waals surface area contributed by atoms with Crippen molar-refractivity contribution >= 4 is 16.9 Å². The summed E-state index contributed by atoms with van der Waals surface area (Å²) in [5.74, 6) is -0.284. The van der Waals surface area contributed by atoms with E-state index in [4.69, 9.17) is 9.15 Å². The molecule has 1 aromatic heterocycles. The first kappa shape index (κ1) is 9.77. The summed E-state index contributed by atoms with van der Waals surface area (Å²) in [4.78, 5) is 10.8. The Bertz CT molecular complexity index is 484. The summed E-state index contributed by atoms with van der Waals surface area (Å²) in [5, 5.41) is 0.992. The average Bonchev–Trinajstić information content (AvgIpc) is 2.59. The van der Waals surface area contributed by atoms with Crippen molar-refractivity contribution in [1.29, 1.82) is 0 Å². The number of fused-ring (bicyclic) bond motifs is 1. The van der Waals surface area contributed by atoms with Crippen LogP contribution in [0.15, 0.2) is 34.9 Å². The molecule has 1 aromatic carbocycles. The molecule has 1 atom stereocenters. The standard InChI is InChI=1S/C12H12O3/c1-8(15-9(2)13)11-7-14-12-6-4-3-5-10(11)12/h3-8H,1-2H3/t8-/m1/s1. The maximum atomic E-state index is 10.8. The van der Waals surface area contributed by atoms with Gasteiger partial charge in [0.25, 0.3) is 0 Å². The van der Waals surface area contributed by atoms with Gasteiger partial charge in [0.15, 0.2) is 0 Å². The number of carbonyl (C=O) groups is 1. The predicted octanol–water partition coefficient (Wildman–Crippen LogP) is 3.06. The fraction of sp³-hybridized carbons (Fsp3) is 0.250. The largest absolute Gasteiger partial charge is 0.464 e. The Morgan fingerprint density at radius 2 is 2.13 bits per heavy atom. The average molecular weight is 204 g/mol. The minimum atomic E-state index is -0.284. The molecule has 3 nitrogen and oxygen atoms in total. The van der Waals surface area contributed by atoms with Gasteiger partial charge in [-0.05, 0) is 13.0 Å². The summed E-state index contributed by atoms with van der Waals surface area (Å²) in [7, 11) is 0. The van der Waals surface area contributed by atoms with Gasteiger partial charge in [-0.3, -0.25) is 4.79 Å². The molecule has 0 amide bonds. The van der Waals surface area contributed by atoms with Crippen LogP contribution < -0.4 is 0 Å². The summed E-state index contributed by atoms with van der Waals surface area (Å²) in [6.45, 7) is 3.23. The van der Waals surface area contributed by atoms with E-state index in [1.807, 2.05) is 31.2 Å². The van der Waals surface area contributed by atoms with Crippen LogP contribution in [0, 0.1) is 0 Å². The number of para-hydroxylation sites is 1. The van der Waals surface area contributed by atoms with Gasteiger partial charge >= 0.3 is 5.97 Å². The van der Waals surface area contributed by atoms with Crippen molar-refractivity contribution in [3.8, 4) is 0 Å². The molecule has 15 heavy (non-hydrogen) atoms. The second kappa shape index (κ2) is 3.77. The molecule has 0 spiro atoms. The van der Waals surface area contributed by atoms with Gasteiger partial charge in [-0.2, -0.15) is 0 Å². The number of carbonyl (C=O) groups excluding carboxylic acids is 1. The van der Waals surface area contributed by atoms with E-state index < -0.39 is 0 Å². The van der Waals surface area contributed by atoms with Crippen LogP contribution in [0.2, 0.25) is 0 Å². The molecule has 0 radical (unpaired) electrons. The highest BCUT2D eigenvalue weighted by molar-refractivity contribution is 5.81. The molecule has 78 valence electrons. The van der Waals surface area contributed by atoms with Crippen molar-refractivity contribution in [2.45, 2.75) is 20.0 Å². The minimum Gasteiger partial charge on any atom is -0.464 e. The van der Waals surface area contributed by atoms with Crippen molar-refractivity contribution < 1.29 is 13.9 Å². The van der Waals surface area contributed by atoms with E-state index >= 15 is 0 Å². The Morgan fingerprint density at radius 3 is 2.87 bits per heavy atom. The van der Waals surface area contributed by atoms with Crippen LogP contribution in [0.5, 0.6) is 0 Å². The fourth-order valence-electron chi connectivity index (χ4n) is 1.63. The smallest absolute Gasteiger partial charge is 0.303 e. The Labute approximate surface area is 87.6 Å². The van der Waals surface area contributed by atoms with E-state index in [2.05, 4.69) is 0 Å². The van der Waals surface area contributed by atoms with Crippen LogP contribution in [0.25, 0.3) is 11.0 Å². The van der Waals surface area contributed by atoms with Gasteiger partial charge in [0.2, 0.25) is 0 Å². The first-order valence-corrected chi connectivity index (χ1v) is 4.82. The first-order valence-electron chi connectivity index (χ1n) is 4.82. The fourth-order valence-corrected chi connectivity index (χ4v) is 1.63. The van der Waals surface area contributed by atoms with Crippen molar-refractivity contribution in [2.75, 3.05) is 0 Å². The van der Waals surface area contributed by atoms with Crippen molar-refractivity contribution in [3.05, 3.63) is 36.1 Å². The molecule has 2 aromatic rings. The molecule has 0 saturated carbocycles. The minimum absolute atomic E-state index is 0.272. The first-order chi connectivity index (χ1) is 7.18. The lowest BCUT2D eigenvalue weighted by Crippen LogP contribution is -2.03. The van der Waals surface area contributed by atoms with Gasteiger partial charge < -0.3 is 9.15 Å². The summed E-state index contributed by atoms with van der Waals surface area (Å²) in [5.41, 5.74) is 1.72. The quantitative estimate of drug-likeness (QED) is 0.706. The van der Waals surface area contributed by atoms with Crippen LogP contribution in [0.4, 0.5) is 0 Å². The zero-order valence-electron chi connectivity index (χ0n) is 8.69. The maximum absolute atomic E-state index is 10.8. The zero-order chi connectivity index (χ0) is 10.8. The van der Waals surface area contributed by atoms with Gasteiger partial charge in [-0.15, -0.1) is 0 Å². The van der Waals surface area contributed by atoms with Crippen LogP contribution in [-0.4, -0.2) is 5.97 Å². The normalized spacial score (nSPS) is 12.7. The van der Waals surface area contributed by atoms with Gasteiger partial charge in [-0.25, -0.2) is 0 Å². The monoisotopic (exact) mass is 204 g/mol. The second-order valence-electron chi connectivity index (χ2n) is 3.44. The van der Waals surface area contributed by atoms with E-state index in [-0.39, 0.29) is 12.1 Å². The van der Waals surface area contributed by atoms with Gasteiger partial charge in [0.05, 0.1) is 6.26 Å². The summed E-state index contributed by atoms with van der Waals surface area (Å²) in [6, 6.07) is 7.68.